The predicted octanol–water partition coefficient (Wildman–Crippen LogP) is 18.0. The van der Waals surface area contributed by atoms with Crippen LogP contribution >= 0.6 is 31.9 Å². The van der Waals surface area contributed by atoms with Crippen LogP contribution in [-0.2, 0) is 111 Å². The van der Waals surface area contributed by atoms with E-state index in [1.807, 2.05) is 83.1 Å². The minimum absolute atomic E-state index is 0.00520. The maximum atomic E-state index is 15.1. The quantitative estimate of drug-likeness (QED) is 0.0345. The number of hydrogen-bond acceptors (Lipinski definition) is 22. The minimum Gasteiger partial charge on any atom is -0.405 e. The smallest absolute Gasteiger partial charge is 0.405 e. The van der Waals surface area contributed by atoms with Crippen molar-refractivity contribution < 1.29 is 120 Å². The molecule has 0 aliphatic carbocycles. The first kappa shape index (κ1) is 116. The SMILES string of the molecule is CC1(C)OB(B2OC(C)(C)C(C)(C)O2)OC1(C)C.CCS(=O)(=O)Cc1cc(-c2cn(C)c(=O)cc2F)c(C(=O)c2ccc(F)cc2)cc1F.CCS(=O)(=O)Cc1cc(B2OC(C)(C)C(C)(C)O2)c(C(=O)c2ccc(F)cc2)cc1F.CCS(=O)(=O)Cc1cc(Br)c(C(=O)c2ccc(F)cc2)cc1F.CCS(=O)(=O)Cc1cc2c(cc1F)C(c1ccc(F)cc1)=NN(C)c1cc(=O)n(C)cc1-2.Cn1cc(Br)c(F)cc1=O. The zero-order valence-electron chi connectivity index (χ0n) is 82.8. The van der Waals surface area contributed by atoms with E-state index in [1.54, 1.807) is 27.3 Å². The molecule has 0 radical (unpaired) electrons. The van der Waals surface area contributed by atoms with E-state index in [0.29, 0.717) is 44.2 Å². The number of anilines is 1. The van der Waals surface area contributed by atoms with Gasteiger partial charge in [0.15, 0.2) is 56.7 Å². The maximum absolute atomic E-state index is 15.1. The molecule has 0 bridgehead atoms. The number of ketones is 3. The fraction of sp³-hybridized carbons (Fsp3) is 0.337. The van der Waals surface area contributed by atoms with Crippen LogP contribution in [0.4, 0.5) is 49.6 Å². The molecule has 15 rings (SSSR count). The van der Waals surface area contributed by atoms with Gasteiger partial charge in [-0.2, -0.15) is 5.10 Å². The number of hydrogen-bond donors (Lipinski definition) is 0. The standard InChI is InChI=1S/C23H21F2N3O3S.C22H25BF2O5S.C22H18F3NO4S.C16H13BrF2O3S.C12H24B2O4.C6H5BrFNO/c1-4-32(30,31)13-15-9-17-18(10-20(15)25)23(14-5-7-16(24)8-6-14)26-28(3)21-11-22(29)27(2)12-19(17)21;1-6-31(27,28)13-15-11-18(23-29-21(2,3)22(4,5)30-23)17(12-19(15)25)20(26)14-7-9-16(24)10-8-14;1-3-31(29,30)12-14-8-16(18-11-26(2)21(27)10-20(18)25)17(9-19(14)24)22(28)13-4-6-15(23)7-5-13;1-2-23(21,22)9-11-7-14(17)13(8-15(11)19)16(20)10-3-5-12(18)6-4-10;1-9(2)10(3,4)16-13(15-9)14-17-11(5,6)12(7,8)18-14;1-9-3-4(7)5(8)2-6(9)10/h5-12H,4,13H2,1-3H3;7-12H,6,13H2,1-5H3;4-11H,3,12H2,1-2H3;3-8H,2,9H2,1H3;1-8H3;2-3H,1H3. The molecule has 44 heteroatoms. The van der Waals surface area contributed by atoms with Crippen molar-refractivity contribution in [2.75, 3.05) is 35.1 Å². The van der Waals surface area contributed by atoms with E-state index in [2.05, 4.69) is 37.0 Å². The molecule has 772 valence electrons. The zero-order chi connectivity index (χ0) is 108. The van der Waals surface area contributed by atoms with Crippen molar-refractivity contribution >= 4 is 127 Å². The predicted molar refractivity (Wildman–Crippen MR) is 544 cm³/mol. The first-order valence-corrected chi connectivity index (χ1v) is 53.9. The maximum Gasteiger partial charge on any atom is 0.495 e. The van der Waals surface area contributed by atoms with Crippen molar-refractivity contribution in [3.8, 4) is 22.3 Å². The van der Waals surface area contributed by atoms with Crippen LogP contribution in [0.5, 0.6) is 0 Å². The minimum atomic E-state index is -3.62. The molecule has 4 aliphatic rings. The average molecular weight is 2220 g/mol. The van der Waals surface area contributed by atoms with Gasteiger partial charge in [0.25, 0.3) is 16.7 Å². The summed E-state index contributed by atoms with van der Waals surface area (Å²) in [5, 5.41) is 6.10. The molecule has 0 N–H and O–H groups in total. The Morgan fingerprint density at radius 1 is 0.331 bits per heavy atom. The number of sulfone groups is 4. The summed E-state index contributed by atoms with van der Waals surface area (Å²) in [6, 6.07) is 32.3. The number of pyridine rings is 3. The molecule has 0 spiro atoms. The fourth-order valence-electron chi connectivity index (χ4n) is 14.4. The molecular weight excluding hydrogens is 2110 g/mol. The largest absolute Gasteiger partial charge is 0.495 e. The van der Waals surface area contributed by atoms with Gasteiger partial charge in [-0.25, -0.2) is 77.6 Å². The molecule has 3 aromatic heterocycles. The van der Waals surface area contributed by atoms with Crippen LogP contribution in [0.2, 0.25) is 0 Å². The summed E-state index contributed by atoms with van der Waals surface area (Å²) in [7, 11) is -9.78. The molecule has 8 aromatic carbocycles. The van der Waals surface area contributed by atoms with E-state index in [9.17, 15) is 102 Å². The third-order valence-electron chi connectivity index (χ3n) is 25.4. The Balaban J connectivity index is 0.000000183. The zero-order valence-corrected chi connectivity index (χ0v) is 89.2. The molecule has 145 heavy (non-hydrogen) atoms. The highest BCUT2D eigenvalue weighted by molar-refractivity contribution is 9.10. The Morgan fingerprint density at radius 3 is 1.03 bits per heavy atom. The first-order chi connectivity index (χ1) is 67.1. The number of halogens is 12. The van der Waals surface area contributed by atoms with Crippen LogP contribution in [0.15, 0.2) is 211 Å². The summed E-state index contributed by atoms with van der Waals surface area (Å²) < 4.78 is 275. The van der Waals surface area contributed by atoms with E-state index < -0.39 is 176 Å². The van der Waals surface area contributed by atoms with E-state index >= 15 is 4.39 Å². The summed E-state index contributed by atoms with van der Waals surface area (Å²) in [5.41, 5.74) is -1.30. The number of rotatable bonds is 22. The molecule has 0 amide bonds. The normalized spacial score (nSPS) is 15.7. The van der Waals surface area contributed by atoms with Crippen molar-refractivity contribution in [2.45, 2.75) is 167 Å². The number of nitrogens with zero attached hydrogens (tertiary/aromatic N) is 5. The molecule has 4 aliphatic heterocycles. The van der Waals surface area contributed by atoms with Crippen molar-refractivity contribution in [2.24, 2.45) is 26.2 Å². The van der Waals surface area contributed by atoms with E-state index in [0.717, 1.165) is 77.5 Å². The Kier molecular flexibility index (Phi) is 36.4. The lowest BCUT2D eigenvalue weighted by atomic mass is 9.49. The molecular formula is C101H106B3Br2F10N5O20S4. The van der Waals surface area contributed by atoms with Gasteiger partial charge >= 0.3 is 21.1 Å². The Hall–Kier alpha value is -10.9. The second kappa shape index (κ2) is 45.4. The van der Waals surface area contributed by atoms with Crippen LogP contribution < -0.4 is 27.1 Å². The molecule has 11 aromatic rings. The number of fused-ring (bicyclic) bond motifs is 3. The summed E-state index contributed by atoms with van der Waals surface area (Å²) in [6.45, 7) is 29.4. The van der Waals surface area contributed by atoms with Crippen molar-refractivity contribution in [3.05, 3.63) is 347 Å². The van der Waals surface area contributed by atoms with Crippen LogP contribution in [0, 0.1) is 58.2 Å². The topological polar surface area (TPSA) is 325 Å². The lowest BCUT2D eigenvalue weighted by Gasteiger charge is -2.32. The van der Waals surface area contributed by atoms with Crippen molar-refractivity contribution in [3.63, 3.8) is 0 Å². The molecule has 0 atom stereocenters. The number of carbonyl (C=O) groups is 3. The average Bonchev–Trinajstić information content (AvgIpc) is 1.60. The lowest BCUT2D eigenvalue weighted by molar-refractivity contribution is 0.00578. The number of carbonyl (C=O) groups excluding carboxylic acids is 3. The molecule has 3 fully saturated rings. The number of hydrazone groups is 1. The van der Waals surface area contributed by atoms with E-state index in [1.165, 1.54) is 146 Å². The molecule has 0 saturated carbocycles. The van der Waals surface area contributed by atoms with Gasteiger partial charge in [-0.3, -0.25) is 33.8 Å². The van der Waals surface area contributed by atoms with Crippen molar-refractivity contribution in [1.29, 1.82) is 0 Å². The molecule has 0 unspecified atom stereocenters. The molecule has 3 saturated heterocycles. The van der Waals surface area contributed by atoms with Gasteiger partial charge in [-0.15, -0.1) is 0 Å². The number of benzene rings is 8. The highest BCUT2D eigenvalue weighted by atomic mass is 79.9. The lowest BCUT2D eigenvalue weighted by Crippen LogP contribution is -2.41. The van der Waals surface area contributed by atoms with Crippen LogP contribution in [-0.4, -0.2) is 155 Å². The van der Waals surface area contributed by atoms with Gasteiger partial charge < -0.3 is 41.6 Å². The second-order valence-corrected chi connectivity index (χ2v) is 48.5. The van der Waals surface area contributed by atoms with Gasteiger partial charge in [0.05, 0.1) is 72.5 Å². The third kappa shape index (κ3) is 27.9. The van der Waals surface area contributed by atoms with Gasteiger partial charge in [0, 0.05) is 170 Å². The van der Waals surface area contributed by atoms with Crippen molar-refractivity contribution in [1.82, 2.24) is 13.7 Å². The fourth-order valence-corrected chi connectivity index (χ4v) is 19.0. The third-order valence-corrected chi connectivity index (χ3v) is 33.1. The number of aryl methyl sites for hydroxylation is 3. The highest BCUT2D eigenvalue weighted by Gasteiger charge is 2.64. The van der Waals surface area contributed by atoms with Crippen LogP contribution in [0.3, 0.4) is 0 Å². The molecule has 25 nitrogen and oxygen atoms in total. The summed E-state index contributed by atoms with van der Waals surface area (Å²) in [5.74, 6) is -11.0. The summed E-state index contributed by atoms with van der Waals surface area (Å²) in [4.78, 5) is 73.2. The first-order valence-electron chi connectivity index (χ1n) is 45.0. The Labute approximate surface area is 852 Å². The molecule has 7 heterocycles. The Morgan fingerprint density at radius 2 is 0.641 bits per heavy atom. The Bertz CT molecular complexity index is 7450. The summed E-state index contributed by atoms with van der Waals surface area (Å²) >= 11 is 6.11. The van der Waals surface area contributed by atoms with Gasteiger partial charge in [-0.1, -0.05) is 49.7 Å². The number of aromatic nitrogens is 3. The van der Waals surface area contributed by atoms with Gasteiger partial charge in [0.2, 0.25) is 0 Å². The van der Waals surface area contributed by atoms with Gasteiger partial charge in [-0.05, 0) is 255 Å². The highest BCUT2D eigenvalue weighted by Crippen LogP contribution is 2.45. The van der Waals surface area contributed by atoms with Crippen LogP contribution in [0.25, 0.3) is 22.3 Å². The van der Waals surface area contributed by atoms with E-state index in [4.69, 9.17) is 27.9 Å². The summed E-state index contributed by atoms with van der Waals surface area (Å²) in [6.07, 6.45) is 4.15. The van der Waals surface area contributed by atoms with E-state index in [-0.39, 0.29) is 133 Å². The second-order valence-electron chi connectivity index (χ2n) is 37.4. The van der Waals surface area contributed by atoms with Gasteiger partial charge in [0.1, 0.15) is 58.2 Å². The monoisotopic (exact) mass is 2220 g/mol. The van der Waals surface area contributed by atoms with Crippen LogP contribution in [0.1, 0.15) is 192 Å².